The number of anilines is 2. The Hall–Kier alpha value is -2.08. The zero-order valence-corrected chi connectivity index (χ0v) is 11.5. The number of nitrogen functional groups attached to an aromatic ring is 1. The van der Waals surface area contributed by atoms with Crippen molar-refractivity contribution in [3.8, 4) is 0 Å². The number of fused-ring (bicyclic) bond motifs is 1. The van der Waals surface area contributed by atoms with E-state index in [2.05, 4.69) is 31.4 Å². The fourth-order valence-electron chi connectivity index (χ4n) is 1.87. The SMILES string of the molecule is Nc1ccc(NCc2ccon2)c2ncc(Br)cc12. The van der Waals surface area contributed by atoms with Gasteiger partial charge in [0.2, 0.25) is 0 Å². The summed E-state index contributed by atoms with van der Waals surface area (Å²) in [5.41, 5.74) is 9.26. The molecular weight excluding hydrogens is 308 g/mol. The first kappa shape index (κ1) is 12.0. The maximum absolute atomic E-state index is 5.97. The summed E-state index contributed by atoms with van der Waals surface area (Å²) in [4.78, 5) is 4.41. The third-order valence-corrected chi connectivity index (χ3v) is 3.23. The molecule has 0 amide bonds. The molecule has 0 aliphatic rings. The third kappa shape index (κ3) is 2.39. The van der Waals surface area contributed by atoms with Gasteiger partial charge in [-0.15, -0.1) is 0 Å². The first-order valence-electron chi connectivity index (χ1n) is 5.71. The Bertz CT molecular complexity index is 712. The van der Waals surface area contributed by atoms with Crippen LogP contribution in [-0.2, 0) is 6.54 Å². The summed E-state index contributed by atoms with van der Waals surface area (Å²) in [5, 5.41) is 8.05. The maximum Gasteiger partial charge on any atom is 0.124 e. The summed E-state index contributed by atoms with van der Waals surface area (Å²) in [6.45, 7) is 0.577. The van der Waals surface area contributed by atoms with Crippen molar-refractivity contribution in [1.29, 1.82) is 0 Å². The minimum atomic E-state index is 0.577. The smallest absolute Gasteiger partial charge is 0.124 e. The van der Waals surface area contributed by atoms with E-state index < -0.39 is 0 Å². The lowest BCUT2D eigenvalue weighted by molar-refractivity contribution is 0.412. The summed E-state index contributed by atoms with van der Waals surface area (Å²) >= 11 is 3.40. The van der Waals surface area contributed by atoms with E-state index in [9.17, 15) is 0 Å². The number of benzene rings is 1. The molecule has 0 radical (unpaired) electrons. The van der Waals surface area contributed by atoms with Gasteiger partial charge in [0, 0.05) is 27.8 Å². The Morgan fingerprint density at radius 3 is 3.00 bits per heavy atom. The highest BCUT2D eigenvalue weighted by Crippen LogP contribution is 2.28. The van der Waals surface area contributed by atoms with E-state index in [1.807, 2.05) is 24.3 Å². The first-order chi connectivity index (χ1) is 9.24. The number of hydrogen-bond donors (Lipinski definition) is 2. The van der Waals surface area contributed by atoms with E-state index in [1.165, 1.54) is 0 Å². The number of hydrogen-bond acceptors (Lipinski definition) is 5. The van der Waals surface area contributed by atoms with Gasteiger partial charge in [-0.1, -0.05) is 5.16 Å². The van der Waals surface area contributed by atoms with Gasteiger partial charge in [-0.25, -0.2) is 0 Å². The van der Waals surface area contributed by atoms with E-state index in [4.69, 9.17) is 10.3 Å². The van der Waals surface area contributed by atoms with Crippen LogP contribution in [0, 0.1) is 0 Å². The van der Waals surface area contributed by atoms with Crippen LogP contribution in [0.15, 0.2) is 45.7 Å². The molecule has 5 nitrogen and oxygen atoms in total. The molecule has 2 aromatic heterocycles. The largest absolute Gasteiger partial charge is 0.398 e. The van der Waals surface area contributed by atoms with Gasteiger partial charge in [0.1, 0.15) is 12.0 Å². The highest BCUT2D eigenvalue weighted by Gasteiger charge is 2.06. The van der Waals surface area contributed by atoms with Gasteiger partial charge in [-0.05, 0) is 34.1 Å². The molecule has 96 valence electrons. The van der Waals surface area contributed by atoms with Gasteiger partial charge in [-0.2, -0.15) is 0 Å². The Labute approximate surface area is 117 Å². The van der Waals surface area contributed by atoms with Crippen molar-refractivity contribution >= 4 is 38.2 Å². The Morgan fingerprint density at radius 2 is 2.21 bits per heavy atom. The molecule has 0 aliphatic heterocycles. The Balaban J connectivity index is 1.97. The highest BCUT2D eigenvalue weighted by atomic mass is 79.9. The van der Waals surface area contributed by atoms with Gasteiger partial charge in [0.15, 0.2) is 0 Å². The topological polar surface area (TPSA) is 77.0 Å². The molecule has 3 rings (SSSR count). The van der Waals surface area contributed by atoms with Gasteiger partial charge in [-0.3, -0.25) is 4.98 Å². The van der Waals surface area contributed by atoms with Crippen molar-refractivity contribution in [2.75, 3.05) is 11.1 Å². The fraction of sp³-hybridized carbons (Fsp3) is 0.0769. The molecule has 1 aromatic carbocycles. The van der Waals surface area contributed by atoms with Crippen molar-refractivity contribution in [2.45, 2.75) is 6.54 Å². The van der Waals surface area contributed by atoms with Crippen LogP contribution >= 0.6 is 15.9 Å². The molecule has 6 heteroatoms. The lowest BCUT2D eigenvalue weighted by Gasteiger charge is -2.09. The number of nitrogens with zero attached hydrogens (tertiary/aromatic N) is 2. The second-order valence-corrected chi connectivity index (χ2v) is 5.01. The summed E-state index contributed by atoms with van der Waals surface area (Å²) < 4.78 is 5.70. The highest BCUT2D eigenvalue weighted by molar-refractivity contribution is 9.10. The van der Waals surface area contributed by atoms with E-state index >= 15 is 0 Å². The predicted octanol–water partition coefficient (Wildman–Crippen LogP) is 3.18. The van der Waals surface area contributed by atoms with Crippen LogP contribution in [0.5, 0.6) is 0 Å². The molecular formula is C13H11BrN4O. The van der Waals surface area contributed by atoms with Gasteiger partial charge in [0.25, 0.3) is 0 Å². The lowest BCUT2D eigenvalue weighted by Crippen LogP contribution is -2.01. The summed E-state index contributed by atoms with van der Waals surface area (Å²) in [5.74, 6) is 0. The summed E-state index contributed by atoms with van der Waals surface area (Å²) in [6, 6.07) is 7.55. The Morgan fingerprint density at radius 1 is 1.32 bits per heavy atom. The number of halogens is 1. The quantitative estimate of drug-likeness (QED) is 0.725. The van der Waals surface area contributed by atoms with Crippen molar-refractivity contribution in [3.05, 3.63) is 46.9 Å². The van der Waals surface area contributed by atoms with E-state index in [-0.39, 0.29) is 0 Å². The molecule has 0 unspecified atom stereocenters. The van der Waals surface area contributed by atoms with Crippen molar-refractivity contribution in [3.63, 3.8) is 0 Å². The molecule has 0 aliphatic carbocycles. The number of rotatable bonds is 3. The maximum atomic E-state index is 5.97. The number of pyridine rings is 1. The number of nitrogens with two attached hydrogens (primary N) is 1. The van der Waals surface area contributed by atoms with Crippen LogP contribution in [0.3, 0.4) is 0 Å². The predicted molar refractivity (Wildman–Crippen MR) is 77.7 cm³/mol. The second kappa shape index (κ2) is 4.89. The van der Waals surface area contributed by atoms with E-state index in [0.717, 1.165) is 26.8 Å². The molecule has 0 saturated carbocycles. The molecule has 3 N–H and O–H groups in total. The Kier molecular flexibility index (Phi) is 3.08. The molecule has 19 heavy (non-hydrogen) atoms. The molecule has 0 atom stereocenters. The lowest BCUT2D eigenvalue weighted by atomic mass is 10.1. The number of aromatic nitrogens is 2. The van der Waals surface area contributed by atoms with Crippen molar-refractivity contribution in [1.82, 2.24) is 10.1 Å². The van der Waals surface area contributed by atoms with Crippen LogP contribution in [0.1, 0.15) is 5.69 Å². The minimum Gasteiger partial charge on any atom is -0.398 e. The fourth-order valence-corrected chi connectivity index (χ4v) is 2.20. The monoisotopic (exact) mass is 318 g/mol. The van der Waals surface area contributed by atoms with Gasteiger partial charge < -0.3 is 15.6 Å². The summed E-state index contributed by atoms with van der Waals surface area (Å²) in [6.07, 6.45) is 3.30. The zero-order chi connectivity index (χ0) is 13.2. The molecule has 3 aromatic rings. The standard InChI is InChI=1S/C13H11BrN4O/c14-8-5-10-11(15)1-2-12(13(10)17-6-8)16-7-9-3-4-19-18-9/h1-6,16H,7,15H2. The molecule has 2 heterocycles. The van der Waals surface area contributed by atoms with Crippen LogP contribution in [0.4, 0.5) is 11.4 Å². The van der Waals surface area contributed by atoms with Crippen LogP contribution < -0.4 is 11.1 Å². The molecule has 0 fully saturated rings. The average molecular weight is 319 g/mol. The minimum absolute atomic E-state index is 0.577. The first-order valence-corrected chi connectivity index (χ1v) is 6.50. The van der Waals surface area contributed by atoms with Crippen molar-refractivity contribution in [2.24, 2.45) is 0 Å². The zero-order valence-electron chi connectivity index (χ0n) is 9.93. The molecule has 0 bridgehead atoms. The van der Waals surface area contributed by atoms with Gasteiger partial charge in [0.05, 0.1) is 17.7 Å². The van der Waals surface area contributed by atoms with E-state index in [1.54, 1.807) is 12.5 Å². The molecule has 0 spiro atoms. The van der Waals surface area contributed by atoms with Gasteiger partial charge >= 0.3 is 0 Å². The third-order valence-electron chi connectivity index (χ3n) is 2.80. The normalized spacial score (nSPS) is 10.8. The van der Waals surface area contributed by atoms with Crippen LogP contribution in [0.2, 0.25) is 0 Å². The number of nitrogens with one attached hydrogen (secondary N) is 1. The van der Waals surface area contributed by atoms with Crippen LogP contribution in [0.25, 0.3) is 10.9 Å². The van der Waals surface area contributed by atoms with E-state index in [0.29, 0.717) is 12.2 Å². The molecule has 0 saturated heterocycles. The second-order valence-electron chi connectivity index (χ2n) is 4.10. The summed E-state index contributed by atoms with van der Waals surface area (Å²) in [7, 11) is 0. The van der Waals surface area contributed by atoms with Crippen LogP contribution in [-0.4, -0.2) is 10.1 Å². The van der Waals surface area contributed by atoms with Crippen molar-refractivity contribution < 1.29 is 4.52 Å². The average Bonchev–Trinajstić information content (AvgIpc) is 2.92.